The number of rotatable bonds is 9. The minimum atomic E-state index is -1.71. The van der Waals surface area contributed by atoms with E-state index in [1.54, 1.807) is 10.9 Å². The third-order valence-electron chi connectivity index (χ3n) is 5.48. The van der Waals surface area contributed by atoms with Gasteiger partial charge in [0.1, 0.15) is 17.9 Å². The monoisotopic (exact) mass is 504 g/mol. The lowest BCUT2D eigenvalue weighted by Gasteiger charge is -2.43. The number of carbonyl (C=O) groups is 2. The molecule has 3 aromatic rings. The van der Waals surface area contributed by atoms with Gasteiger partial charge in [0.25, 0.3) is 0 Å². The number of aliphatic hydroxyl groups is 1. The number of fused-ring (bicyclic) bond motifs is 1. The van der Waals surface area contributed by atoms with E-state index in [-0.39, 0.29) is 6.61 Å². The SMILES string of the molecule is CO[C@H]1C(CO)O[C@@H](OCc2cn(Cc3ccc4ccccc4n3)nn2)C(OC(=O)O)[C@H]1OC(=O)O. The number of benzene rings is 1. The molecular weight excluding hydrogens is 480 g/mol. The number of carboxylic acid groups (broad SMARTS) is 2. The second-order valence-corrected chi connectivity index (χ2v) is 7.84. The molecule has 0 bridgehead atoms. The predicted octanol–water partition coefficient (Wildman–Crippen LogP) is 1.25. The van der Waals surface area contributed by atoms with E-state index in [1.807, 2.05) is 36.4 Å². The summed E-state index contributed by atoms with van der Waals surface area (Å²) in [4.78, 5) is 27.1. The average molecular weight is 504 g/mol. The summed E-state index contributed by atoms with van der Waals surface area (Å²) >= 11 is 0. The van der Waals surface area contributed by atoms with Crippen molar-refractivity contribution in [2.45, 2.75) is 43.9 Å². The maximum absolute atomic E-state index is 11.3. The number of aliphatic hydroxyl groups excluding tert-OH is 1. The normalized spacial score (nSPS) is 23.9. The van der Waals surface area contributed by atoms with Gasteiger partial charge in [-0.05, 0) is 12.1 Å². The Balaban J connectivity index is 1.46. The summed E-state index contributed by atoms with van der Waals surface area (Å²) in [5.74, 6) is 0. The van der Waals surface area contributed by atoms with Crippen molar-refractivity contribution in [1.82, 2.24) is 20.0 Å². The van der Waals surface area contributed by atoms with Crippen molar-refractivity contribution in [3.8, 4) is 0 Å². The van der Waals surface area contributed by atoms with E-state index in [1.165, 1.54) is 7.11 Å². The second-order valence-electron chi connectivity index (χ2n) is 7.84. The molecule has 14 nitrogen and oxygen atoms in total. The molecule has 3 heterocycles. The van der Waals surface area contributed by atoms with Crippen LogP contribution in [0.3, 0.4) is 0 Å². The van der Waals surface area contributed by atoms with Crippen molar-refractivity contribution in [2.75, 3.05) is 13.7 Å². The van der Waals surface area contributed by atoms with Crippen LogP contribution in [0.25, 0.3) is 10.9 Å². The Bertz CT molecular complexity index is 1200. The molecule has 1 aliphatic heterocycles. The van der Waals surface area contributed by atoms with E-state index in [0.717, 1.165) is 16.6 Å². The summed E-state index contributed by atoms with van der Waals surface area (Å²) in [6.07, 6.45) is -8.44. The molecule has 1 fully saturated rings. The lowest BCUT2D eigenvalue weighted by molar-refractivity contribution is -0.308. The topological polar surface area (TPSA) is 185 Å². The summed E-state index contributed by atoms with van der Waals surface area (Å²) in [6.45, 7) is -0.420. The first-order valence-electron chi connectivity index (χ1n) is 10.8. The van der Waals surface area contributed by atoms with Crippen molar-refractivity contribution in [2.24, 2.45) is 0 Å². The molecule has 1 aliphatic rings. The van der Waals surface area contributed by atoms with Gasteiger partial charge in [-0.2, -0.15) is 0 Å². The Morgan fingerprint density at radius 1 is 1.03 bits per heavy atom. The molecule has 0 aliphatic carbocycles. The van der Waals surface area contributed by atoms with Crippen LogP contribution in [-0.4, -0.2) is 92.0 Å². The summed E-state index contributed by atoms with van der Waals surface area (Å²) in [5.41, 5.74) is 1.99. The molecule has 1 aromatic carbocycles. The maximum atomic E-state index is 11.3. The number of aromatic nitrogens is 4. The largest absolute Gasteiger partial charge is 0.506 e. The Kier molecular flexibility index (Phi) is 7.90. The van der Waals surface area contributed by atoms with E-state index in [4.69, 9.17) is 33.9 Å². The van der Waals surface area contributed by atoms with Crippen LogP contribution in [0.2, 0.25) is 0 Å². The van der Waals surface area contributed by atoms with Crippen LogP contribution >= 0.6 is 0 Å². The molecule has 192 valence electrons. The zero-order valence-corrected chi connectivity index (χ0v) is 19.0. The summed E-state index contributed by atoms with van der Waals surface area (Å²) in [5, 5.41) is 37.0. The highest BCUT2D eigenvalue weighted by molar-refractivity contribution is 5.78. The Hall–Kier alpha value is -3.85. The molecule has 36 heavy (non-hydrogen) atoms. The standard InChI is InChI=1S/C22H24N4O10/c1-32-17-16(10-27)34-20(19(36-22(30)31)18(17)35-21(28)29)33-11-14-9-26(25-24-14)8-13-7-6-12-4-2-3-5-15(12)23-13/h2-7,9,16-20,27H,8,10-11H2,1H3,(H,28,29)(H,30,31)/t16?,17-,18-,19?,20+/m0/s1. The molecule has 0 saturated carbocycles. The van der Waals surface area contributed by atoms with Crippen LogP contribution < -0.4 is 0 Å². The van der Waals surface area contributed by atoms with E-state index in [9.17, 15) is 14.7 Å². The van der Waals surface area contributed by atoms with E-state index in [2.05, 4.69) is 15.3 Å². The van der Waals surface area contributed by atoms with Gasteiger partial charge in [-0.3, -0.25) is 4.98 Å². The zero-order chi connectivity index (χ0) is 25.7. The molecule has 5 atom stereocenters. The quantitative estimate of drug-likeness (QED) is 0.354. The fourth-order valence-corrected chi connectivity index (χ4v) is 3.95. The fourth-order valence-electron chi connectivity index (χ4n) is 3.95. The lowest BCUT2D eigenvalue weighted by atomic mass is 9.98. The molecular formula is C22H24N4O10. The molecule has 2 aromatic heterocycles. The van der Waals surface area contributed by atoms with Gasteiger partial charge >= 0.3 is 12.3 Å². The van der Waals surface area contributed by atoms with Crippen LogP contribution in [0, 0.1) is 0 Å². The number of ether oxygens (including phenoxy) is 5. The van der Waals surface area contributed by atoms with Crippen molar-refractivity contribution >= 4 is 23.2 Å². The van der Waals surface area contributed by atoms with Gasteiger partial charge in [-0.1, -0.05) is 29.5 Å². The van der Waals surface area contributed by atoms with Crippen LogP contribution in [-0.2, 0) is 36.8 Å². The molecule has 2 unspecified atom stereocenters. The minimum absolute atomic E-state index is 0.190. The molecule has 1 saturated heterocycles. The van der Waals surface area contributed by atoms with Gasteiger partial charge in [-0.25, -0.2) is 14.3 Å². The number of pyridine rings is 1. The highest BCUT2D eigenvalue weighted by atomic mass is 16.8. The highest BCUT2D eigenvalue weighted by Crippen LogP contribution is 2.29. The number of methoxy groups -OCH3 is 1. The molecule has 14 heteroatoms. The van der Waals surface area contributed by atoms with E-state index in [0.29, 0.717) is 12.2 Å². The van der Waals surface area contributed by atoms with Gasteiger partial charge in [0.2, 0.25) is 0 Å². The van der Waals surface area contributed by atoms with Gasteiger partial charge in [0.05, 0.1) is 37.2 Å². The Labute approximate surface area is 203 Å². The smallest absolute Gasteiger partial charge is 0.450 e. The highest BCUT2D eigenvalue weighted by Gasteiger charge is 2.51. The first-order valence-corrected chi connectivity index (χ1v) is 10.8. The molecule has 0 spiro atoms. The number of hydrogen-bond donors (Lipinski definition) is 3. The fraction of sp³-hybridized carbons (Fsp3) is 0.409. The Morgan fingerprint density at radius 2 is 1.78 bits per heavy atom. The van der Waals surface area contributed by atoms with Crippen LogP contribution in [0.15, 0.2) is 42.6 Å². The minimum Gasteiger partial charge on any atom is -0.450 e. The molecule has 0 amide bonds. The van der Waals surface area contributed by atoms with Crippen LogP contribution in [0.5, 0.6) is 0 Å². The van der Waals surface area contributed by atoms with Crippen LogP contribution in [0.4, 0.5) is 9.59 Å². The zero-order valence-electron chi connectivity index (χ0n) is 19.0. The number of para-hydroxylation sites is 1. The third kappa shape index (κ3) is 5.85. The van der Waals surface area contributed by atoms with Crippen molar-refractivity contribution < 1.29 is 48.6 Å². The van der Waals surface area contributed by atoms with Crippen molar-refractivity contribution in [3.05, 3.63) is 54.0 Å². The molecule has 0 radical (unpaired) electrons. The lowest BCUT2D eigenvalue weighted by Crippen LogP contribution is -2.62. The Morgan fingerprint density at radius 3 is 2.50 bits per heavy atom. The third-order valence-corrected chi connectivity index (χ3v) is 5.48. The van der Waals surface area contributed by atoms with Gasteiger partial charge in [0, 0.05) is 12.5 Å². The van der Waals surface area contributed by atoms with Gasteiger partial charge in [0.15, 0.2) is 18.5 Å². The number of nitrogens with zero attached hydrogens (tertiary/aromatic N) is 4. The van der Waals surface area contributed by atoms with E-state index >= 15 is 0 Å². The molecule has 3 N–H and O–H groups in total. The average Bonchev–Trinajstić information content (AvgIpc) is 3.30. The molecule has 4 rings (SSSR count). The van der Waals surface area contributed by atoms with Crippen molar-refractivity contribution in [1.29, 1.82) is 0 Å². The van der Waals surface area contributed by atoms with Crippen molar-refractivity contribution in [3.63, 3.8) is 0 Å². The first-order chi connectivity index (χ1) is 17.4. The summed E-state index contributed by atoms with van der Waals surface area (Å²) in [6, 6.07) is 11.6. The summed E-state index contributed by atoms with van der Waals surface area (Å²) < 4.78 is 27.6. The van der Waals surface area contributed by atoms with E-state index < -0.39 is 49.6 Å². The van der Waals surface area contributed by atoms with Gasteiger partial charge < -0.3 is 39.0 Å². The van der Waals surface area contributed by atoms with Crippen LogP contribution in [0.1, 0.15) is 11.4 Å². The summed E-state index contributed by atoms with van der Waals surface area (Å²) in [7, 11) is 1.23. The first kappa shape index (κ1) is 25.2. The second kappa shape index (κ2) is 11.3. The predicted molar refractivity (Wildman–Crippen MR) is 118 cm³/mol. The number of hydrogen-bond acceptors (Lipinski definition) is 11. The van der Waals surface area contributed by atoms with Gasteiger partial charge in [-0.15, -0.1) is 5.10 Å². The maximum Gasteiger partial charge on any atom is 0.506 e.